The first-order chi connectivity index (χ1) is 16.5. The van der Waals surface area contributed by atoms with Crippen LogP contribution in [0.1, 0.15) is 12.6 Å². The Balaban J connectivity index is 1.41. The zero-order valence-electron chi connectivity index (χ0n) is 19.2. The predicted molar refractivity (Wildman–Crippen MR) is 125 cm³/mol. The number of nitrogens with zero attached hydrogens (tertiary/aromatic N) is 8. The number of nitrogen functional groups attached to an aromatic ring is 1. The Hall–Kier alpha value is -3.35. The van der Waals surface area contributed by atoms with Crippen LogP contribution in [0.25, 0.3) is 16.9 Å². The molecule has 0 radical (unpaired) electrons. The summed E-state index contributed by atoms with van der Waals surface area (Å²) in [5, 5.41) is 9.56. The summed E-state index contributed by atoms with van der Waals surface area (Å²) in [7, 11) is 0. The van der Waals surface area contributed by atoms with Gasteiger partial charge in [0.1, 0.15) is 6.10 Å². The van der Waals surface area contributed by atoms with Crippen molar-refractivity contribution in [3.8, 4) is 11.3 Å². The molecule has 180 valence electrons. The van der Waals surface area contributed by atoms with Gasteiger partial charge in [-0.3, -0.25) is 9.69 Å². The molecule has 5 heterocycles. The molecule has 0 unspecified atom stereocenters. The van der Waals surface area contributed by atoms with Gasteiger partial charge in [-0.05, 0) is 6.92 Å². The lowest BCUT2D eigenvalue weighted by Crippen LogP contribution is -2.50. The van der Waals surface area contributed by atoms with Gasteiger partial charge in [-0.2, -0.15) is 0 Å². The number of amides is 1. The number of fused-ring (bicyclic) bond motifs is 1. The fraction of sp³-hybridized carbons (Fsp3) is 0.500. The Morgan fingerprint density at radius 2 is 1.79 bits per heavy atom. The van der Waals surface area contributed by atoms with Gasteiger partial charge in [-0.25, -0.2) is 19.9 Å². The Morgan fingerprint density at radius 1 is 1.09 bits per heavy atom. The van der Waals surface area contributed by atoms with Crippen molar-refractivity contribution in [3.05, 3.63) is 30.5 Å². The molecule has 2 fully saturated rings. The third-order valence-corrected chi connectivity index (χ3v) is 6.18. The van der Waals surface area contributed by atoms with Crippen LogP contribution in [0.2, 0.25) is 0 Å². The van der Waals surface area contributed by atoms with Gasteiger partial charge in [-0.1, -0.05) is 0 Å². The zero-order valence-corrected chi connectivity index (χ0v) is 19.2. The van der Waals surface area contributed by atoms with Crippen molar-refractivity contribution >= 4 is 23.3 Å². The molecule has 2 aliphatic heterocycles. The molecule has 3 aromatic heterocycles. The van der Waals surface area contributed by atoms with E-state index in [1.54, 1.807) is 17.3 Å². The first-order valence-corrected chi connectivity index (χ1v) is 11.5. The van der Waals surface area contributed by atoms with Crippen LogP contribution in [0, 0.1) is 0 Å². The number of aliphatic hydroxyl groups excluding tert-OH is 1. The molecule has 1 atom stereocenters. The molecule has 3 N–H and O–H groups in total. The van der Waals surface area contributed by atoms with Crippen LogP contribution in [0.3, 0.4) is 0 Å². The molecule has 2 saturated heterocycles. The molecular weight excluding hydrogens is 438 g/mol. The third kappa shape index (κ3) is 4.65. The second-order valence-corrected chi connectivity index (χ2v) is 8.62. The molecule has 5 rings (SSSR count). The van der Waals surface area contributed by atoms with Gasteiger partial charge in [0.05, 0.1) is 24.6 Å². The second kappa shape index (κ2) is 9.49. The van der Waals surface area contributed by atoms with Crippen LogP contribution in [0.15, 0.2) is 24.8 Å². The maximum Gasteiger partial charge on any atom is 0.251 e. The quantitative estimate of drug-likeness (QED) is 0.511. The van der Waals surface area contributed by atoms with Crippen LogP contribution in [0.4, 0.5) is 11.8 Å². The molecule has 12 nitrogen and oxygen atoms in total. The number of aromatic nitrogens is 5. The van der Waals surface area contributed by atoms with E-state index in [1.807, 2.05) is 16.8 Å². The normalized spacial score (nSPS) is 18.4. The van der Waals surface area contributed by atoms with Gasteiger partial charge in [0.2, 0.25) is 5.95 Å². The zero-order chi connectivity index (χ0) is 23.7. The van der Waals surface area contributed by atoms with Crippen molar-refractivity contribution in [3.63, 3.8) is 0 Å². The first-order valence-electron chi connectivity index (χ1n) is 11.5. The highest BCUT2D eigenvalue weighted by Gasteiger charge is 2.25. The van der Waals surface area contributed by atoms with E-state index < -0.39 is 6.10 Å². The Kier molecular flexibility index (Phi) is 6.26. The SMILES string of the molecule is C[C@H](O)C(=O)N1CCN(Cc2cn3cc(-c4cnc(N)nc4)nc(N4CCOCC4)c3n2)CC1. The number of hydrogen-bond donors (Lipinski definition) is 2. The van der Waals surface area contributed by atoms with Crippen LogP contribution < -0.4 is 10.6 Å². The van der Waals surface area contributed by atoms with Gasteiger partial charge < -0.3 is 29.8 Å². The largest absolute Gasteiger partial charge is 0.384 e. The molecule has 12 heteroatoms. The molecule has 0 aromatic carbocycles. The molecule has 2 aliphatic rings. The summed E-state index contributed by atoms with van der Waals surface area (Å²) in [5.41, 5.74) is 8.89. The molecule has 3 aromatic rings. The minimum Gasteiger partial charge on any atom is -0.384 e. The summed E-state index contributed by atoms with van der Waals surface area (Å²) in [4.78, 5) is 36.3. The number of nitrogens with two attached hydrogens (primary N) is 1. The van der Waals surface area contributed by atoms with E-state index >= 15 is 0 Å². The summed E-state index contributed by atoms with van der Waals surface area (Å²) in [6.07, 6.45) is 6.34. The standard InChI is InChI=1S/C22H29N9O3/c1-15(32)21(33)30-4-2-28(3-5-30)12-17-13-31-14-18(16-10-24-22(23)25-11-16)27-20(19(31)26-17)29-6-8-34-9-7-29/h10-11,13-15,32H,2-9,12H2,1H3,(H2,23,24,25)/t15-/m0/s1. The maximum atomic E-state index is 12.0. The van der Waals surface area contributed by atoms with E-state index in [1.165, 1.54) is 6.92 Å². The minimum absolute atomic E-state index is 0.215. The summed E-state index contributed by atoms with van der Waals surface area (Å²) in [6, 6.07) is 0. The predicted octanol–water partition coefficient (Wildman–Crippen LogP) is -0.370. The van der Waals surface area contributed by atoms with Crippen LogP contribution >= 0.6 is 0 Å². The molecule has 1 amide bonds. The van der Waals surface area contributed by atoms with E-state index in [-0.39, 0.29) is 11.9 Å². The van der Waals surface area contributed by atoms with E-state index in [2.05, 4.69) is 19.8 Å². The van der Waals surface area contributed by atoms with Crippen LogP contribution in [0.5, 0.6) is 0 Å². The number of anilines is 2. The molecule has 0 bridgehead atoms. The van der Waals surface area contributed by atoms with Gasteiger partial charge in [0.15, 0.2) is 11.5 Å². The number of morpholine rings is 1. The topological polar surface area (TPSA) is 138 Å². The number of rotatable bonds is 5. The highest BCUT2D eigenvalue weighted by Crippen LogP contribution is 2.26. The van der Waals surface area contributed by atoms with Crippen LogP contribution in [-0.4, -0.2) is 104 Å². The smallest absolute Gasteiger partial charge is 0.251 e. The Morgan fingerprint density at radius 3 is 2.47 bits per heavy atom. The summed E-state index contributed by atoms with van der Waals surface area (Å²) in [6.45, 7) is 7.61. The van der Waals surface area contributed by atoms with Crippen molar-refractivity contribution in [1.82, 2.24) is 34.1 Å². The van der Waals surface area contributed by atoms with Gasteiger partial charge in [-0.15, -0.1) is 0 Å². The monoisotopic (exact) mass is 467 g/mol. The number of ether oxygens (including phenoxy) is 1. The third-order valence-electron chi connectivity index (χ3n) is 6.18. The Labute approximate surface area is 197 Å². The van der Waals surface area contributed by atoms with E-state index in [0.717, 1.165) is 54.6 Å². The van der Waals surface area contributed by atoms with Crippen molar-refractivity contribution < 1.29 is 14.6 Å². The van der Waals surface area contributed by atoms with Gasteiger partial charge in [0, 0.05) is 76.2 Å². The number of carbonyl (C=O) groups excluding carboxylic acids is 1. The molecular formula is C22H29N9O3. The number of aliphatic hydroxyl groups is 1. The summed E-state index contributed by atoms with van der Waals surface area (Å²) < 4.78 is 7.53. The lowest BCUT2D eigenvalue weighted by atomic mass is 10.2. The van der Waals surface area contributed by atoms with Crippen molar-refractivity contribution in [2.24, 2.45) is 0 Å². The van der Waals surface area contributed by atoms with Gasteiger partial charge >= 0.3 is 0 Å². The number of piperazine rings is 1. The van der Waals surface area contributed by atoms with E-state index in [0.29, 0.717) is 32.8 Å². The average Bonchev–Trinajstić information content (AvgIpc) is 3.26. The number of hydrogen-bond acceptors (Lipinski definition) is 10. The molecule has 0 spiro atoms. The molecule has 34 heavy (non-hydrogen) atoms. The Bertz CT molecular complexity index is 1150. The highest BCUT2D eigenvalue weighted by atomic mass is 16.5. The van der Waals surface area contributed by atoms with E-state index in [9.17, 15) is 9.90 Å². The second-order valence-electron chi connectivity index (χ2n) is 8.62. The minimum atomic E-state index is -0.961. The summed E-state index contributed by atoms with van der Waals surface area (Å²) in [5.74, 6) is 0.808. The first kappa shape index (κ1) is 22.4. The average molecular weight is 468 g/mol. The van der Waals surface area contributed by atoms with E-state index in [4.69, 9.17) is 20.4 Å². The lowest BCUT2D eigenvalue weighted by molar-refractivity contribution is -0.141. The van der Waals surface area contributed by atoms with Crippen LogP contribution in [-0.2, 0) is 16.1 Å². The number of imidazole rings is 1. The maximum absolute atomic E-state index is 12.0. The fourth-order valence-electron chi connectivity index (χ4n) is 4.33. The number of carbonyl (C=O) groups is 1. The fourth-order valence-corrected chi connectivity index (χ4v) is 4.33. The molecule has 0 saturated carbocycles. The molecule has 0 aliphatic carbocycles. The van der Waals surface area contributed by atoms with Crippen molar-refractivity contribution in [2.75, 3.05) is 63.1 Å². The lowest BCUT2D eigenvalue weighted by Gasteiger charge is -2.34. The summed E-state index contributed by atoms with van der Waals surface area (Å²) >= 11 is 0. The van der Waals surface area contributed by atoms with Crippen molar-refractivity contribution in [1.29, 1.82) is 0 Å². The highest BCUT2D eigenvalue weighted by molar-refractivity contribution is 5.80. The van der Waals surface area contributed by atoms with Gasteiger partial charge in [0.25, 0.3) is 5.91 Å². The van der Waals surface area contributed by atoms with Crippen molar-refractivity contribution in [2.45, 2.75) is 19.6 Å².